The summed E-state index contributed by atoms with van der Waals surface area (Å²) in [6.45, 7) is 6.99. The van der Waals surface area contributed by atoms with Crippen LogP contribution in [-0.2, 0) is 0 Å². The summed E-state index contributed by atoms with van der Waals surface area (Å²) in [5.41, 5.74) is 6.75. The number of benzene rings is 2. The molecule has 2 aliphatic heterocycles. The second-order valence-electron chi connectivity index (χ2n) is 9.44. The Balaban J connectivity index is 1.68. The molecular weight excluding hydrogens is 380 g/mol. The molecule has 0 radical (unpaired) electrons. The summed E-state index contributed by atoms with van der Waals surface area (Å²) >= 11 is 0. The average molecular weight is 411 g/mol. The van der Waals surface area contributed by atoms with E-state index in [4.69, 9.17) is 4.98 Å². The quantitative estimate of drug-likeness (QED) is 0.480. The van der Waals surface area contributed by atoms with E-state index in [1.54, 1.807) is 6.33 Å². The van der Waals surface area contributed by atoms with E-state index in [1.807, 2.05) is 6.20 Å². The first kappa shape index (κ1) is 18.9. The average Bonchev–Trinajstić information content (AvgIpc) is 3.09. The Morgan fingerprint density at radius 3 is 2.45 bits per heavy atom. The lowest BCUT2D eigenvalue weighted by Crippen LogP contribution is -2.59. The van der Waals surface area contributed by atoms with Crippen LogP contribution in [0, 0.1) is 18.3 Å². The zero-order valence-corrected chi connectivity index (χ0v) is 18.6. The van der Waals surface area contributed by atoms with Gasteiger partial charge >= 0.3 is 0 Å². The number of nitrogens with zero attached hydrogens (tertiary/aromatic N) is 4. The molecule has 1 aliphatic carbocycles. The van der Waals surface area contributed by atoms with Gasteiger partial charge in [-0.1, -0.05) is 50.2 Å². The van der Waals surface area contributed by atoms with Gasteiger partial charge in [-0.25, -0.2) is 9.97 Å². The maximum atomic E-state index is 4.86. The number of anilines is 4. The first-order valence-corrected chi connectivity index (χ1v) is 11.7. The Morgan fingerprint density at radius 1 is 0.968 bits per heavy atom. The lowest BCUT2D eigenvalue weighted by atomic mass is 9.52. The molecule has 1 aromatic heterocycles. The molecular formula is C27H30N4. The van der Waals surface area contributed by atoms with Gasteiger partial charge in [0.2, 0.25) is 0 Å². The smallest absolute Gasteiger partial charge is 0.162 e. The van der Waals surface area contributed by atoms with E-state index in [0.717, 1.165) is 11.5 Å². The predicted octanol–water partition coefficient (Wildman–Crippen LogP) is 6.71. The number of hydrogen-bond acceptors (Lipinski definition) is 4. The lowest BCUT2D eigenvalue weighted by molar-refractivity contribution is -0.0136. The Kier molecular flexibility index (Phi) is 4.14. The highest BCUT2D eigenvalue weighted by Gasteiger charge is 2.62. The second-order valence-corrected chi connectivity index (χ2v) is 9.44. The maximum Gasteiger partial charge on any atom is 0.162 e. The molecule has 0 saturated heterocycles. The van der Waals surface area contributed by atoms with Crippen LogP contribution in [0.4, 0.5) is 22.9 Å². The fraction of sp³-hybridized carbons (Fsp3) is 0.407. The Morgan fingerprint density at radius 2 is 1.74 bits per heavy atom. The number of fused-ring (bicyclic) bond motifs is 7. The zero-order chi connectivity index (χ0) is 21.2. The lowest BCUT2D eigenvalue weighted by Gasteiger charge is -2.57. The van der Waals surface area contributed by atoms with Crippen molar-refractivity contribution in [1.82, 2.24) is 9.97 Å². The van der Waals surface area contributed by atoms with Crippen LogP contribution in [0.2, 0.25) is 0 Å². The molecule has 0 amide bonds. The fourth-order valence-corrected chi connectivity index (χ4v) is 6.86. The van der Waals surface area contributed by atoms with Crippen LogP contribution in [0.15, 0.2) is 61.1 Å². The van der Waals surface area contributed by atoms with Gasteiger partial charge in [0.1, 0.15) is 18.2 Å². The maximum absolute atomic E-state index is 4.86. The number of aromatic nitrogens is 2. The Labute approximate surface area is 185 Å². The minimum atomic E-state index is 0.224. The van der Waals surface area contributed by atoms with Crippen molar-refractivity contribution >= 4 is 22.9 Å². The predicted molar refractivity (Wildman–Crippen MR) is 126 cm³/mol. The van der Waals surface area contributed by atoms with Crippen molar-refractivity contribution in [3.63, 3.8) is 0 Å². The molecule has 0 spiro atoms. The number of aryl methyl sites for hydroxylation is 1. The first-order valence-electron chi connectivity index (χ1n) is 11.7. The molecule has 0 N–H and O–H groups in total. The van der Waals surface area contributed by atoms with E-state index >= 15 is 0 Å². The molecule has 4 atom stereocenters. The standard InChI is InChI=1S/C27H30N4/c1-4-19-20-11-7-9-13-23(20)31-25-24(16-28-17-29-25)30(22-12-8-6-10-18(22)3)26(31)27(5-2)15-14-21(19)27/h6-13,16-17,19,21,26H,4-5,14-15H2,1-3H3. The molecule has 1 fully saturated rings. The van der Waals surface area contributed by atoms with Gasteiger partial charge in [-0.3, -0.25) is 0 Å². The normalized spacial score (nSPS) is 28.2. The van der Waals surface area contributed by atoms with Crippen molar-refractivity contribution in [2.24, 2.45) is 11.3 Å². The molecule has 31 heavy (non-hydrogen) atoms. The molecule has 4 heteroatoms. The second kappa shape index (κ2) is 6.81. The highest BCUT2D eigenvalue weighted by molar-refractivity contribution is 5.88. The van der Waals surface area contributed by atoms with Gasteiger partial charge in [0.15, 0.2) is 5.82 Å². The van der Waals surface area contributed by atoms with Gasteiger partial charge in [-0.05, 0) is 67.7 Å². The molecule has 4 unspecified atom stereocenters. The van der Waals surface area contributed by atoms with E-state index in [-0.39, 0.29) is 11.6 Å². The van der Waals surface area contributed by atoms with Crippen molar-refractivity contribution < 1.29 is 0 Å². The Bertz CT molecular complexity index is 1140. The van der Waals surface area contributed by atoms with Crippen LogP contribution in [0.3, 0.4) is 0 Å². The summed E-state index contributed by atoms with van der Waals surface area (Å²) in [5.74, 6) is 2.33. The van der Waals surface area contributed by atoms with Gasteiger partial charge in [0.25, 0.3) is 0 Å². The van der Waals surface area contributed by atoms with Crippen LogP contribution >= 0.6 is 0 Å². The van der Waals surface area contributed by atoms with E-state index in [2.05, 4.69) is 84.1 Å². The third-order valence-electron chi connectivity index (χ3n) is 8.38. The molecule has 158 valence electrons. The first-order chi connectivity index (χ1) is 15.2. The fourth-order valence-electron chi connectivity index (χ4n) is 6.86. The van der Waals surface area contributed by atoms with Crippen LogP contribution in [-0.4, -0.2) is 16.1 Å². The van der Waals surface area contributed by atoms with Gasteiger partial charge < -0.3 is 9.80 Å². The van der Waals surface area contributed by atoms with Gasteiger partial charge in [-0.2, -0.15) is 0 Å². The molecule has 2 aromatic carbocycles. The molecule has 3 aromatic rings. The summed E-state index contributed by atoms with van der Waals surface area (Å²) in [4.78, 5) is 14.4. The van der Waals surface area contributed by atoms with E-state index in [0.29, 0.717) is 11.8 Å². The monoisotopic (exact) mass is 410 g/mol. The molecule has 4 nitrogen and oxygen atoms in total. The Hall–Kier alpha value is -2.88. The largest absolute Gasteiger partial charge is 0.315 e. The number of para-hydroxylation sites is 2. The highest BCUT2D eigenvalue weighted by Crippen LogP contribution is 2.67. The molecule has 3 heterocycles. The molecule has 3 aliphatic rings. The van der Waals surface area contributed by atoms with Gasteiger partial charge in [0, 0.05) is 16.8 Å². The minimum Gasteiger partial charge on any atom is -0.315 e. The number of hydrogen-bond donors (Lipinski definition) is 0. The minimum absolute atomic E-state index is 0.224. The topological polar surface area (TPSA) is 32.3 Å². The molecule has 0 bridgehead atoms. The number of rotatable bonds is 3. The van der Waals surface area contributed by atoms with Crippen molar-refractivity contribution in [3.05, 3.63) is 72.2 Å². The van der Waals surface area contributed by atoms with Gasteiger partial charge in [-0.15, -0.1) is 0 Å². The van der Waals surface area contributed by atoms with Crippen molar-refractivity contribution in [2.75, 3.05) is 9.80 Å². The van der Waals surface area contributed by atoms with Crippen LogP contribution in [0.1, 0.15) is 56.6 Å². The summed E-state index contributed by atoms with van der Waals surface area (Å²) in [6, 6.07) is 17.8. The SMILES string of the molecule is CCC1c2ccccc2N2c3ncncc3N(c3ccccc3C)C2C2(CC)CCC12. The summed E-state index contributed by atoms with van der Waals surface area (Å²) in [6.07, 6.45) is 8.89. The third kappa shape index (κ3) is 2.36. The summed E-state index contributed by atoms with van der Waals surface area (Å²) in [7, 11) is 0. The van der Waals surface area contributed by atoms with E-state index in [9.17, 15) is 0 Å². The van der Waals surface area contributed by atoms with Gasteiger partial charge in [0.05, 0.1) is 6.20 Å². The third-order valence-corrected chi connectivity index (χ3v) is 8.38. The van der Waals surface area contributed by atoms with Crippen molar-refractivity contribution in [3.8, 4) is 0 Å². The highest BCUT2D eigenvalue weighted by atomic mass is 15.5. The molecule has 1 saturated carbocycles. The van der Waals surface area contributed by atoms with Crippen LogP contribution < -0.4 is 9.80 Å². The van der Waals surface area contributed by atoms with E-state index in [1.165, 1.54) is 48.2 Å². The van der Waals surface area contributed by atoms with Crippen molar-refractivity contribution in [2.45, 2.75) is 58.5 Å². The van der Waals surface area contributed by atoms with Crippen LogP contribution in [0.25, 0.3) is 0 Å². The summed E-state index contributed by atoms with van der Waals surface area (Å²) in [5, 5.41) is 0. The van der Waals surface area contributed by atoms with Crippen molar-refractivity contribution in [1.29, 1.82) is 0 Å². The zero-order valence-electron chi connectivity index (χ0n) is 18.6. The van der Waals surface area contributed by atoms with Crippen LogP contribution in [0.5, 0.6) is 0 Å². The molecule has 6 rings (SSSR count). The summed E-state index contributed by atoms with van der Waals surface area (Å²) < 4.78 is 0. The van der Waals surface area contributed by atoms with E-state index < -0.39 is 0 Å².